The van der Waals surface area contributed by atoms with Crippen LogP contribution >= 0.6 is 0 Å². The molecule has 0 aromatic heterocycles. The summed E-state index contributed by atoms with van der Waals surface area (Å²) in [4.78, 5) is 15.2. The van der Waals surface area contributed by atoms with Crippen LogP contribution in [0.25, 0.3) is 0 Å². The van der Waals surface area contributed by atoms with Gasteiger partial charge in [-0.25, -0.2) is 8.42 Å². The number of nitrogens with zero attached hydrogens (tertiary/aromatic N) is 2. The predicted molar refractivity (Wildman–Crippen MR) is 111 cm³/mol. The molecule has 2 rings (SSSR count). The highest BCUT2D eigenvalue weighted by atomic mass is 32.2. The summed E-state index contributed by atoms with van der Waals surface area (Å²) in [5.74, 6) is -0.140. The zero-order valence-corrected chi connectivity index (χ0v) is 18.2. The van der Waals surface area contributed by atoms with E-state index in [-0.39, 0.29) is 16.8 Å². The standard InChI is InChI=1S/C21H34N2O4S/c1-4-19(5-2)23(15-16-27-3)21(24)18-11-10-12-20(17-18)28(25,26)22-13-8-6-7-9-14-22/h10-12,17,19H,4-9,13-16H2,1-3H3. The fourth-order valence-electron chi connectivity index (χ4n) is 3.76. The third-order valence-corrected chi connectivity index (χ3v) is 7.36. The van der Waals surface area contributed by atoms with Gasteiger partial charge < -0.3 is 9.64 Å². The van der Waals surface area contributed by atoms with Crippen LogP contribution in [0.4, 0.5) is 0 Å². The molecule has 0 bridgehead atoms. The summed E-state index contributed by atoms with van der Waals surface area (Å²) in [6.45, 7) is 6.16. The van der Waals surface area contributed by atoms with Crippen LogP contribution in [0.1, 0.15) is 62.7 Å². The third-order valence-electron chi connectivity index (χ3n) is 5.46. The minimum Gasteiger partial charge on any atom is -0.383 e. The monoisotopic (exact) mass is 410 g/mol. The molecule has 0 saturated carbocycles. The quantitative estimate of drug-likeness (QED) is 0.625. The van der Waals surface area contributed by atoms with Gasteiger partial charge in [-0.3, -0.25) is 4.79 Å². The van der Waals surface area contributed by atoms with Gasteiger partial charge in [-0.1, -0.05) is 32.8 Å². The Labute approximate surface area is 169 Å². The molecule has 1 heterocycles. The van der Waals surface area contributed by atoms with Gasteiger partial charge in [0.15, 0.2) is 0 Å². The molecule has 1 aliphatic rings. The molecular formula is C21H34N2O4S. The maximum absolute atomic E-state index is 13.2. The highest BCUT2D eigenvalue weighted by Crippen LogP contribution is 2.22. The maximum atomic E-state index is 13.2. The van der Waals surface area contributed by atoms with Gasteiger partial charge in [0, 0.05) is 38.3 Å². The molecule has 1 aromatic rings. The van der Waals surface area contributed by atoms with Crippen LogP contribution in [-0.2, 0) is 14.8 Å². The lowest BCUT2D eigenvalue weighted by atomic mass is 10.1. The number of amides is 1. The normalized spacial score (nSPS) is 16.1. The summed E-state index contributed by atoms with van der Waals surface area (Å²) in [6.07, 6.45) is 5.59. The SMILES string of the molecule is CCC(CC)N(CCOC)C(=O)c1cccc(S(=O)(=O)N2CCCCCC2)c1. The zero-order chi connectivity index (χ0) is 20.6. The van der Waals surface area contributed by atoms with Gasteiger partial charge >= 0.3 is 0 Å². The number of methoxy groups -OCH3 is 1. The second-order valence-corrected chi connectivity index (χ2v) is 9.25. The minimum absolute atomic E-state index is 0.105. The number of rotatable bonds is 9. The van der Waals surface area contributed by atoms with Crippen molar-refractivity contribution in [1.29, 1.82) is 0 Å². The van der Waals surface area contributed by atoms with Crippen molar-refractivity contribution in [3.8, 4) is 0 Å². The van der Waals surface area contributed by atoms with Gasteiger partial charge in [-0.05, 0) is 43.9 Å². The molecule has 0 spiro atoms. The Kier molecular flexibility index (Phi) is 8.92. The lowest BCUT2D eigenvalue weighted by Crippen LogP contribution is -2.42. The van der Waals surface area contributed by atoms with Gasteiger partial charge in [0.05, 0.1) is 11.5 Å². The summed E-state index contributed by atoms with van der Waals surface area (Å²) in [7, 11) is -1.96. The Morgan fingerprint density at radius 3 is 2.36 bits per heavy atom. The van der Waals surface area contributed by atoms with Crippen LogP contribution in [0.15, 0.2) is 29.2 Å². The van der Waals surface area contributed by atoms with Crippen molar-refractivity contribution in [2.45, 2.75) is 63.3 Å². The van der Waals surface area contributed by atoms with E-state index in [1.165, 1.54) is 6.07 Å². The van der Waals surface area contributed by atoms with Gasteiger partial charge in [-0.15, -0.1) is 0 Å². The number of carbonyl (C=O) groups is 1. The first kappa shape index (κ1) is 22.8. The lowest BCUT2D eigenvalue weighted by Gasteiger charge is -2.30. The van der Waals surface area contributed by atoms with E-state index in [2.05, 4.69) is 13.8 Å². The van der Waals surface area contributed by atoms with Crippen molar-refractivity contribution in [3.63, 3.8) is 0 Å². The molecular weight excluding hydrogens is 376 g/mol. The van der Waals surface area contributed by atoms with Gasteiger partial charge in [0.2, 0.25) is 10.0 Å². The van der Waals surface area contributed by atoms with Crippen molar-refractivity contribution in [2.75, 3.05) is 33.4 Å². The lowest BCUT2D eigenvalue weighted by molar-refractivity contribution is 0.0589. The largest absolute Gasteiger partial charge is 0.383 e. The fraction of sp³-hybridized carbons (Fsp3) is 0.667. The summed E-state index contributed by atoms with van der Waals surface area (Å²) in [5, 5.41) is 0. The van der Waals surface area contributed by atoms with Crippen molar-refractivity contribution in [3.05, 3.63) is 29.8 Å². The van der Waals surface area contributed by atoms with Crippen LogP contribution < -0.4 is 0 Å². The topological polar surface area (TPSA) is 66.9 Å². The molecule has 0 N–H and O–H groups in total. The molecule has 1 fully saturated rings. The van der Waals surface area contributed by atoms with E-state index in [4.69, 9.17) is 4.74 Å². The smallest absolute Gasteiger partial charge is 0.254 e. The molecule has 6 nitrogen and oxygen atoms in total. The third kappa shape index (κ3) is 5.55. The fourth-order valence-corrected chi connectivity index (χ4v) is 5.32. The first-order valence-corrected chi connectivity index (χ1v) is 11.8. The predicted octanol–water partition coefficient (Wildman–Crippen LogP) is 3.53. The first-order chi connectivity index (χ1) is 13.5. The van der Waals surface area contributed by atoms with Crippen molar-refractivity contribution in [1.82, 2.24) is 9.21 Å². The van der Waals surface area contributed by atoms with Gasteiger partial charge in [0.1, 0.15) is 0 Å². The van der Waals surface area contributed by atoms with Crippen molar-refractivity contribution in [2.24, 2.45) is 0 Å². The van der Waals surface area contributed by atoms with E-state index in [9.17, 15) is 13.2 Å². The molecule has 0 atom stereocenters. The van der Waals surface area contributed by atoms with E-state index in [0.29, 0.717) is 31.8 Å². The molecule has 28 heavy (non-hydrogen) atoms. The molecule has 0 aliphatic carbocycles. The number of benzene rings is 1. The Morgan fingerprint density at radius 1 is 1.14 bits per heavy atom. The van der Waals surface area contributed by atoms with Gasteiger partial charge in [0.25, 0.3) is 5.91 Å². The second-order valence-electron chi connectivity index (χ2n) is 7.31. The number of hydrogen-bond donors (Lipinski definition) is 0. The number of carbonyl (C=O) groups excluding carboxylic acids is 1. The molecule has 1 aliphatic heterocycles. The number of hydrogen-bond acceptors (Lipinski definition) is 4. The Balaban J connectivity index is 2.30. The van der Waals surface area contributed by atoms with Crippen LogP contribution in [-0.4, -0.2) is 62.9 Å². The van der Waals surface area contributed by atoms with E-state index in [1.54, 1.807) is 34.5 Å². The van der Waals surface area contributed by atoms with Crippen LogP contribution in [0, 0.1) is 0 Å². The second kappa shape index (κ2) is 10.9. The van der Waals surface area contributed by atoms with E-state index in [1.807, 2.05) is 0 Å². The van der Waals surface area contributed by atoms with Gasteiger partial charge in [-0.2, -0.15) is 4.31 Å². The molecule has 0 unspecified atom stereocenters. The van der Waals surface area contributed by atoms with Crippen molar-refractivity contribution >= 4 is 15.9 Å². The van der Waals surface area contributed by atoms with Crippen LogP contribution in [0.3, 0.4) is 0 Å². The maximum Gasteiger partial charge on any atom is 0.254 e. The van der Waals surface area contributed by atoms with E-state index < -0.39 is 10.0 Å². The van der Waals surface area contributed by atoms with Crippen LogP contribution in [0.2, 0.25) is 0 Å². The molecule has 1 amide bonds. The number of ether oxygens (including phenoxy) is 1. The molecule has 158 valence electrons. The van der Waals surface area contributed by atoms with Crippen LogP contribution in [0.5, 0.6) is 0 Å². The summed E-state index contributed by atoms with van der Waals surface area (Å²) < 4.78 is 32.9. The highest BCUT2D eigenvalue weighted by Gasteiger charge is 2.27. The molecule has 0 radical (unpaired) electrons. The van der Waals surface area contributed by atoms with E-state index >= 15 is 0 Å². The molecule has 1 saturated heterocycles. The Hall–Kier alpha value is -1.44. The zero-order valence-electron chi connectivity index (χ0n) is 17.4. The summed E-state index contributed by atoms with van der Waals surface area (Å²) in [5.41, 5.74) is 0.416. The number of sulfonamides is 1. The average molecular weight is 411 g/mol. The van der Waals surface area contributed by atoms with E-state index in [0.717, 1.165) is 38.5 Å². The average Bonchev–Trinajstić information content (AvgIpc) is 3.01. The minimum atomic E-state index is -3.58. The summed E-state index contributed by atoms with van der Waals surface area (Å²) >= 11 is 0. The Morgan fingerprint density at radius 2 is 1.79 bits per heavy atom. The highest BCUT2D eigenvalue weighted by molar-refractivity contribution is 7.89. The first-order valence-electron chi connectivity index (χ1n) is 10.4. The molecule has 1 aromatic carbocycles. The summed E-state index contributed by atoms with van der Waals surface area (Å²) in [6, 6.07) is 6.59. The van der Waals surface area contributed by atoms with Crippen molar-refractivity contribution < 1.29 is 17.9 Å². The molecule has 7 heteroatoms. The Bertz CT molecular complexity index is 724.